The van der Waals surface area contributed by atoms with E-state index >= 15 is 0 Å². The van der Waals surface area contributed by atoms with E-state index in [4.69, 9.17) is 0 Å². The number of rotatable bonds is 2. The van der Waals surface area contributed by atoms with Gasteiger partial charge in [-0.05, 0) is 20.8 Å². The molecule has 0 bridgehead atoms. The summed E-state index contributed by atoms with van der Waals surface area (Å²) in [5.41, 5.74) is 2.08. The van der Waals surface area contributed by atoms with Crippen LogP contribution in [0.3, 0.4) is 0 Å². The molecule has 17 heavy (non-hydrogen) atoms. The van der Waals surface area contributed by atoms with Crippen LogP contribution in [0.5, 0.6) is 0 Å². The number of hydrogen-bond acceptors (Lipinski definition) is 3. The van der Waals surface area contributed by atoms with Crippen LogP contribution >= 0.6 is 0 Å². The van der Waals surface area contributed by atoms with Crippen molar-refractivity contribution in [1.29, 1.82) is 0 Å². The number of amides is 1. The van der Waals surface area contributed by atoms with Gasteiger partial charge in [0.05, 0.1) is 12.0 Å². The zero-order chi connectivity index (χ0) is 12.5. The molecule has 2 N–H and O–H groups in total. The third-order valence-electron chi connectivity index (χ3n) is 2.69. The molecular formula is C12H20N4O. The highest BCUT2D eigenvalue weighted by Crippen LogP contribution is 2.12. The maximum atomic E-state index is 11.8. The van der Waals surface area contributed by atoms with Gasteiger partial charge >= 0.3 is 0 Å². The third kappa shape index (κ3) is 3.06. The van der Waals surface area contributed by atoms with E-state index in [1.54, 1.807) is 6.33 Å². The molecule has 1 aliphatic heterocycles. The van der Waals surface area contributed by atoms with Gasteiger partial charge in [-0.3, -0.25) is 4.79 Å². The second-order valence-corrected chi connectivity index (χ2v) is 5.49. The van der Waals surface area contributed by atoms with Crippen molar-refractivity contribution >= 4 is 5.91 Å². The summed E-state index contributed by atoms with van der Waals surface area (Å²) in [5.74, 6) is 0.0382. The second kappa shape index (κ2) is 4.49. The first-order valence-corrected chi connectivity index (χ1v) is 6.00. The standard InChI is InChI=1S/C12H20N4O/c1-12(2,3)15-11(17)7-16-8-14-9-6-13-5-4-10(9)16/h8,13H,4-7H2,1-3H3,(H,15,17). The molecule has 0 unspecified atom stereocenters. The van der Waals surface area contributed by atoms with Crippen LogP contribution in [0.4, 0.5) is 0 Å². The van der Waals surface area contributed by atoms with Crippen molar-refractivity contribution in [3.8, 4) is 0 Å². The van der Waals surface area contributed by atoms with Crippen LogP contribution in [0.15, 0.2) is 6.33 Å². The van der Waals surface area contributed by atoms with Gasteiger partial charge in [-0.15, -0.1) is 0 Å². The number of carbonyl (C=O) groups is 1. The van der Waals surface area contributed by atoms with Gasteiger partial charge in [0.2, 0.25) is 5.91 Å². The molecule has 0 atom stereocenters. The molecule has 1 aromatic heterocycles. The van der Waals surface area contributed by atoms with Crippen molar-refractivity contribution in [1.82, 2.24) is 20.2 Å². The fourth-order valence-electron chi connectivity index (χ4n) is 2.05. The number of fused-ring (bicyclic) bond motifs is 1. The van der Waals surface area contributed by atoms with Gasteiger partial charge in [-0.2, -0.15) is 0 Å². The maximum Gasteiger partial charge on any atom is 0.240 e. The van der Waals surface area contributed by atoms with Crippen molar-refractivity contribution in [2.24, 2.45) is 0 Å². The van der Waals surface area contributed by atoms with Gasteiger partial charge in [0, 0.05) is 30.7 Å². The Kier molecular flexibility index (Phi) is 3.19. The number of carbonyl (C=O) groups excluding carboxylic acids is 1. The zero-order valence-corrected chi connectivity index (χ0v) is 10.7. The summed E-state index contributed by atoms with van der Waals surface area (Å²) < 4.78 is 1.96. The number of aromatic nitrogens is 2. The molecule has 5 heteroatoms. The molecule has 5 nitrogen and oxygen atoms in total. The highest BCUT2D eigenvalue weighted by molar-refractivity contribution is 5.76. The Bertz CT molecular complexity index is 417. The lowest BCUT2D eigenvalue weighted by atomic mass is 10.1. The molecule has 1 amide bonds. The summed E-state index contributed by atoms with van der Waals surface area (Å²) in [6.45, 7) is 8.08. The molecule has 1 aliphatic rings. The summed E-state index contributed by atoms with van der Waals surface area (Å²) in [7, 11) is 0. The zero-order valence-electron chi connectivity index (χ0n) is 10.7. The van der Waals surface area contributed by atoms with E-state index in [1.165, 1.54) is 5.69 Å². The summed E-state index contributed by atoms with van der Waals surface area (Å²) in [6, 6.07) is 0. The largest absolute Gasteiger partial charge is 0.350 e. The minimum absolute atomic E-state index is 0.0382. The normalized spacial score (nSPS) is 15.5. The van der Waals surface area contributed by atoms with E-state index in [2.05, 4.69) is 15.6 Å². The molecule has 0 saturated carbocycles. The molecule has 0 aliphatic carbocycles. The Balaban J connectivity index is 2.04. The first-order valence-electron chi connectivity index (χ1n) is 6.00. The molecule has 0 spiro atoms. The summed E-state index contributed by atoms with van der Waals surface area (Å²) >= 11 is 0. The number of nitrogens with one attached hydrogen (secondary N) is 2. The molecule has 0 saturated heterocycles. The SMILES string of the molecule is CC(C)(C)NC(=O)Cn1cnc2c1CCNC2. The van der Waals surface area contributed by atoms with Crippen LogP contribution in [-0.4, -0.2) is 27.5 Å². The molecule has 0 aromatic carbocycles. The second-order valence-electron chi connectivity index (χ2n) is 5.49. The van der Waals surface area contributed by atoms with E-state index in [0.717, 1.165) is 25.2 Å². The average Bonchev–Trinajstić information content (AvgIpc) is 2.59. The molecule has 2 heterocycles. The topological polar surface area (TPSA) is 59.0 Å². The lowest BCUT2D eigenvalue weighted by molar-refractivity contribution is -0.123. The van der Waals surface area contributed by atoms with Crippen LogP contribution in [-0.2, 0) is 24.3 Å². The molecule has 0 fully saturated rings. The molecule has 2 rings (SSSR count). The van der Waals surface area contributed by atoms with Gasteiger partial charge in [0.1, 0.15) is 6.54 Å². The fraction of sp³-hybridized carbons (Fsp3) is 0.667. The predicted octanol–water partition coefficient (Wildman–Crippen LogP) is 0.444. The highest BCUT2D eigenvalue weighted by Gasteiger charge is 2.18. The third-order valence-corrected chi connectivity index (χ3v) is 2.69. The van der Waals surface area contributed by atoms with Crippen LogP contribution in [0.25, 0.3) is 0 Å². The first-order chi connectivity index (χ1) is 7.96. The summed E-state index contributed by atoms with van der Waals surface area (Å²) in [6.07, 6.45) is 2.71. The lowest BCUT2D eigenvalue weighted by Gasteiger charge is -2.21. The maximum absolute atomic E-state index is 11.8. The minimum Gasteiger partial charge on any atom is -0.350 e. The van der Waals surface area contributed by atoms with Gasteiger partial charge in [0.25, 0.3) is 0 Å². The van der Waals surface area contributed by atoms with Crippen LogP contribution in [0, 0.1) is 0 Å². The van der Waals surface area contributed by atoms with Gasteiger partial charge in [-0.1, -0.05) is 0 Å². The number of nitrogens with zero attached hydrogens (tertiary/aromatic N) is 2. The quantitative estimate of drug-likeness (QED) is 0.783. The molecule has 94 valence electrons. The van der Waals surface area contributed by atoms with E-state index in [9.17, 15) is 4.79 Å². The number of hydrogen-bond donors (Lipinski definition) is 2. The molecule has 1 aromatic rings. The first kappa shape index (κ1) is 12.1. The Morgan fingerprint density at radius 1 is 1.59 bits per heavy atom. The predicted molar refractivity (Wildman–Crippen MR) is 65.5 cm³/mol. The van der Waals surface area contributed by atoms with E-state index in [1.807, 2.05) is 25.3 Å². The Morgan fingerprint density at radius 2 is 2.35 bits per heavy atom. The van der Waals surface area contributed by atoms with Crippen molar-refractivity contribution in [3.63, 3.8) is 0 Å². The van der Waals surface area contributed by atoms with Crippen molar-refractivity contribution in [2.45, 2.75) is 45.8 Å². The van der Waals surface area contributed by atoms with Crippen LogP contribution in [0.1, 0.15) is 32.2 Å². The van der Waals surface area contributed by atoms with E-state index < -0.39 is 0 Å². The van der Waals surface area contributed by atoms with Gasteiger partial charge < -0.3 is 15.2 Å². The van der Waals surface area contributed by atoms with Crippen molar-refractivity contribution < 1.29 is 4.79 Å². The fourth-order valence-corrected chi connectivity index (χ4v) is 2.05. The minimum atomic E-state index is -0.181. The smallest absolute Gasteiger partial charge is 0.240 e. The molecular weight excluding hydrogens is 216 g/mol. The Morgan fingerprint density at radius 3 is 3.06 bits per heavy atom. The monoisotopic (exact) mass is 236 g/mol. The van der Waals surface area contributed by atoms with Crippen molar-refractivity contribution in [3.05, 3.63) is 17.7 Å². The number of imidazole rings is 1. The lowest BCUT2D eigenvalue weighted by Crippen LogP contribution is -2.42. The van der Waals surface area contributed by atoms with Gasteiger partial charge in [-0.25, -0.2) is 4.98 Å². The molecule has 0 radical (unpaired) electrons. The summed E-state index contributed by atoms with van der Waals surface area (Å²) in [5, 5.41) is 6.23. The van der Waals surface area contributed by atoms with E-state index in [-0.39, 0.29) is 11.4 Å². The van der Waals surface area contributed by atoms with E-state index in [0.29, 0.717) is 6.54 Å². The Labute approximate surface area is 102 Å². The van der Waals surface area contributed by atoms with Crippen LogP contribution < -0.4 is 10.6 Å². The Hall–Kier alpha value is -1.36. The average molecular weight is 236 g/mol. The summed E-state index contributed by atoms with van der Waals surface area (Å²) in [4.78, 5) is 16.2. The highest BCUT2D eigenvalue weighted by atomic mass is 16.2. The van der Waals surface area contributed by atoms with Crippen molar-refractivity contribution in [2.75, 3.05) is 6.54 Å². The van der Waals surface area contributed by atoms with Crippen LogP contribution in [0.2, 0.25) is 0 Å². The van der Waals surface area contributed by atoms with Gasteiger partial charge in [0.15, 0.2) is 0 Å².